The lowest BCUT2D eigenvalue weighted by molar-refractivity contribution is -0.147. The Balaban J connectivity index is 1.32. The van der Waals surface area contributed by atoms with Crippen LogP contribution in [0.4, 0.5) is 31.1 Å². The summed E-state index contributed by atoms with van der Waals surface area (Å²) in [5.41, 5.74) is 0.484. The number of pyridine rings is 1. The summed E-state index contributed by atoms with van der Waals surface area (Å²) in [6.07, 6.45) is -5.39. The Morgan fingerprint density at radius 2 is 1.92 bits per heavy atom. The van der Waals surface area contributed by atoms with Crippen molar-refractivity contribution in [3.8, 4) is 0 Å². The summed E-state index contributed by atoms with van der Waals surface area (Å²) in [6, 6.07) is 3.36. The second-order valence-electron chi connectivity index (χ2n) is 9.15. The molecule has 192 valence electrons. The Hall–Kier alpha value is -3.38. The van der Waals surface area contributed by atoms with Crippen molar-refractivity contribution in [2.45, 2.75) is 57.4 Å². The van der Waals surface area contributed by atoms with E-state index in [0.717, 1.165) is 10.8 Å². The molecule has 1 fully saturated rings. The van der Waals surface area contributed by atoms with E-state index in [0.29, 0.717) is 30.3 Å². The number of likely N-dealkylation sites (tertiary alicyclic amines) is 1. The number of urea groups is 1. The molecule has 0 spiro atoms. The van der Waals surface area contributed by atoms with Gasteiger partial charge in [0.05, 0.1) is 18.3 Å². The first kappa shape index (κ1) is 24.3. The largest absolute Gasteiger partial charge is 0.451 e. The molecule has 2 aliphatic rings. The van der Waals surface area contributed by atoms with Gasteiger partial charge in [-0.05, 0) is 31.7 Å². The molecule has 7 nitrogen and oxygen atoms in total. The number of benzene rings is 1. The van der Waals surface area contributed by atoms with Gasteiger partial charge in [-0.1, -0.05) is 12.1 Å². The van der Waals surface area contributed by atoms with Gasteiger partial charge in [0.25, 0.3) is 6.43 Å². The number of amides is 2. The van der Waals surface area contributed by atoms with E-state index in [1.807, 2.05) is 6.92 Å². The number of fused-ring (bicyclic) bond motifs is 2. The number of nitrogens with zero attached hydrogens (tertiary/aromatic N) is 6. The Labute approximate surface area is 201 Å². The van der Waals surface area contributed by atoms with Crippen LogP contribution >= 0.6 is 0 Å². The van der Waals surface area contributed by atoms with Gasteiger partial charge in [-0.15, -0.1) is 10.2 Å². The summed E-state index contributed by atoms with van der Waals surface area (Å²) in [7, 11) is 0. The molecule has 4 heterocycles. The number of halogens is 6. The molecule has 1 saturated heterocycles. The number of carbonyl (C=O) groups is 1. The number of alkyl halides is 5. The van der Waals surface area contributed by atoms with Crippen molar-refractivity contribution in [1.29, 1.82) is 0 Å². The Morgan fingerprint density at radius 1 is 1.14 bits per heavy atom. The highest BCUT2D eigenvalue weighted by molar-refractivity contribution is 5.83. The zero-order chi connectivity index (χ0) is 25.8. The van der Waals surface area contributed by atoms with Gasteiger partial charge in [0.2, 0.25) is 5.82 Å². The molecule has 1 aromatic carbocycles. The minimum absolute atomic E-state index is 0.0669. The first-order valence-corrected chi connectivity index (χ1v) is 11.5. The molecule has 2 aliphatic heterocycles. The lowest BCUT2D eigenvalue weighted by atomic mass is 9.84. The molecule has 0 saturated carbocycles. The molecule has 1 unspecified atom stereocenters. The van der Waals surface area contributed by atoms with E-state index in [-0.39, 0.29) is 54.5 Å². The standard InChI is InChI=1S/C23H22F6N6O/c1-12-8-13(19-15-3-2-14(20(25)26)9-17(15)30-10-16(19)24)4-5-34(12)22(36)33-6-7-35-18(11-33)31-32-21(35)23(27,28)29/h2-3,9-10,12-13,20H,4-8,11H2,1H3/t12-,13?/m1/s1. The van der Waals surface area contributed by atoms with Gasteiger partial charge < -0.3 is 14.4 Å². The summed E-state index contributed by atoms with van der Waals surface area (Å²) in [6.45, 7) is 2.05. The fraction of sp³-hybridized carbons (Fsp3) is 0.478. The van der Waals surface area contributed by atoms with Crippen LogP contribution in [-0.4, -0.2) is 54.7 Å². The van der Waals surface area contributed by atoms with Gasteiger partial charge in [0.15, 0.2) is 5.82 Å². The molecule has 2 aromatic heterocycles. The highest BCUT2D eigenvalue weighted by Crippen LogP contribution is 2.38. The average Bonchev–Trinajstić information content (AvgIpc) is 3.27. The fourth-order valence-electron chi connectivity index (χ4n) is 5.19. The highest BCUT2D eigenvalue weighted by Gasteiger charge is 2.41. The van der Waals surface area contributed by atoms with Gasteiger partial charge in [-0.25, -0.2) is 18.0 Å². The fourth-order valence-corrected chi connectivity index (χ4v) is 5.19. The highest BCUT2D eigenvalue weighted by atomic mass is 19.4. The number of piperidine rings is 1. The topological polar surface area (TPSA) is 67.2 Å². The van der Waals surface area contributed by atoms with Crippen molar-refractivity contribution in [3.05, 3.63) is 53.0 Å². The van der Waals surface area contributed by atoms with Crippen molar-refractivity contribution in [2.75, 3.05) is 13.1 Å². The lowest BCUT2D eigenvalue weighted by Gasteiger charge is -2.41. The number of aromatic nitrogens is 4. The number of hydrogen-bond acceptors (Lipinski definition) is 4. The maximum atomic E-state index is 14.9. The Bertz CT molecular complexity index is 1310. The van der Waals surface area contributed by atoms with E-state index in [1.165, 1.54) is 23.1 Å². The molecule has 13 heteroatoms. The molecular formula is C23H22F6N6O. The van der Waals surface area contributed by atoms with E-state index < -0.39 is 24.2 Å². The monoisotopic (exact) mass is 512 g/mol. The minimum Gasteiger partial charge on any atom is -0.322 e. The molecule has 5 rings (SSSR count). The first-order valence-electron chi connectivity index (χ1n) is 11.5. The van der Waals surface area contributed by atoms with Crippen LogP contribution in [0.25, 0.3) is 10.9 Å². The summed E-state index contributed by atoms with van der Waals surface area (Å²) in [5, 5.41) is 7.31. The minimum atomic E-state index is -4.62. The zero-order valence-electron chi connectivity index (χ0n) is 19.1. The van der Waals surface area contributed by atoms with Crippen LogP contribution < -0.4 is 0 Å². The SMILES string of the molecule is C[C@@H]1CC(c2c(F)cnc3cc(C(F)F)ccc23)CCN1C(=O)N1CCn2c(nnc2C(F)(F)F)C1. The number of carbonyl (C=O) groups excluding carboxylic acids is 1. The summed E-state index contributed by atoms with van der Waals surface area (Å²) in [4.78, 5) is 20.3. The molecule has 2 amide bonds. The normalized spacial score (nSPS) is 20.8. The predicted octanol–water partition coefficient (Wildman–Crippen LogP) is 5.13. The van der Waals surface area contributed by atoms with E-state index in [1.54, 1.807) is 4.90 Å². The van der Waals surface area contributed by atoms with E-state index >= 15 is 0 Å². The summed E-state index contributed by atoms with van der Waals surface area (Å²) >= 11 is 0. The maximum Gasteiger partial charge on any atom is 0.451 e. The predicted molar refractivity (Wildman–Crippen MR) is 116 cm³/mol. The lowest BCUT2D eigenvalue weighted by Crippen LogP contribution is -2.52. The van der Waals surface area contributed by atoms with Gasteiger partial charge in [0.1, 0.15) is 5.82 Å². The van der Waals surface area contributed by atoms with E-state index in [2.05, 4.69) is 15.2 Å². The number of hydrogen-bond donors (Lipinski definition) is 0. The molecule has 0 N–H and O–H groups in total. The third kappa shape index (κ3) is 4.24. The van der Waals surface area contributed by atoms with Crippen molar-refractivity contribution in [1.82, 2.24) is 29.5 Å². The van der Waals surface area contributed by atoms with Crippen molar-refractivity contribution >= 4 is 16.9 Å². The van der Waals surface area contributed by atoms with Gasteiger partial charge in [0, 0.05) is 42.2 Å². The molecule has 0 bridgehead atoms. The molecule has 36 heavy (non-hydrogen) atoms. The van der Waals surface area contributed by atoms with Crippen LogP contribution in [0, 0.1) is 5.82 Å². The quantitative estimate of drug-likeness (QED) is 0.447. The summed E-state index contributed by atoms with van der Waals surface area (Å²) in [5.74, 6) is -1.80. The van der Waals surface area contributed by atoms with Crippen LogP contribution in [0.3, 0.4) is 0 Å². The van der Waals surface area contributed by atoms with E-state index in [9.17, 15) is 31.1 Å². The third-order valence-electron chi connectivity index (χ3n) is 6.95. The second-order valence-corrected chi connectivity index (χ2v) is 9.15. The molecule has 0 radical (unpaired) electrons. The Kier molecular flexibility index (Phi) is 6.03. The molecular weight excluding hydrogens is 490 g/mol. The smallest absolute Gasteiger partial charge is 0.322 e. The van der Waals surface area contributed by atoms with Crippen LogP contribution in [0.2, 0.25) is 0 Å². The van der Waals surface area contributed by atoms with Crippen LogP contribution in [-0.2, 0) is 19.3 Å². The van der Waals surface area contributed by atoms with Crippen molar-refractivity contribution in [2.24, 2.45) is 0 Å². The van der Waals surface area contributed by atoms with E-state index in [4.69, 9.17) is 0 Å². The van der Waals surface area contributed by atoms with Crippen molar-refractivity contribution < 1.29 is 31.1 Å². The Morgan fingerprint density at radius 3 is 2.61 bits per heavy atom. The summed E-state index contributed by atoms with van der Waals surface area (Å²) < 4.78 is 81.3. The van der Waals surface area contributed by atoms with Crippen LogP contribution in [0.1, 0.15) is 54.9 Å². The third-order valence-corrected chi connectivity index (χ3v) is 6.95. The van der Waals surface area contributed by atoms with Gasteiger partial charge in [-0.2, -0.15) is 13.2 Å². The second kappa shape index (κ2) is 8.93. The van der Waals surface area contributed by atoms with Gasteiger partial charge in [-0.3, -0.25) is 4.98 Å². The average molecular weight is 512 g/mol. The molecule has 3 aromatic rings. The molecule has 0 aliphatic carbocycles. The maximum absolute atomic E-state index is 14.9. The van der Waals surface area contributed by atoms with Crippen LogP contribution in [0.15, 0.2) is 24.4 Å². The van der Waals surface area contributed by atoms with Crippen LogP contribution in [0.5, 0.6) is 0 Å². The van der Waals surface area contributed by atoms with Gasteiger partial charge >= 0.3 is 12.2 Å². The molecule has 2 atom stereocenters. The zero-order valence-corrected chi connectivity index (χ0v) is 19.1. The first-order chi connectivity index (χ1) is 17.0. The number of rotatable bonds is 2. The van der Waals surface area contributed by atoms with Crippen molar-refractivity contribution in [3.63, 3.8) is 0 Å².